The average Bonchev–Trinajstić information content (AvgIpc) is 2.35. The highest BCUT2D eigenvalue weighted by Crippen LogP contribution is 2.15. The first-order chi connectivity index (χ1) is 5.59. The van der Waals surface area contributed by atoms with Gasteiger partial charge in [-0.2, -0.15) is 0 Å². The van der Waals surface area contributed by atoms with Crippen LogP contribution in [-0.2, 0) is 11.2 Å². The van der Waals surface area contributed by atoms with Gasteiger partial charge < -0.3 is 10.8 Å². The number of hydrogen-bond acceptors (Lipinski definition) is 4. The SMILES string of the molecule is NC(Cc1nc(Br)cs1)C(=O)O. The molecule has 1 aromatic heterocycles. The number of thiazole rings is 1. The van der Waals surface area contributed by atoms with Crippen LogP contribution in [0.5, 0.6) is 0 Å². The van der Waals surface area contributed by atoms with Crippen LogP contribution in [0.4, 0.5) is 0 Å². The number of nitrogens with two attached hydrogens (primary N) is 1. The van der Waals surface area contributed by atoms with Gasteiger partial charge >= 0.3 is 5.97 Å². The Bertz CT molecular complexity index is 289. The number of hydrogen-bond donors (Lipinski definition) is 2. The third kappa shape index (κ3) is 2.54. The smallest absolute Gasteiger partial charge is 0.320 e. The molecule has 3 N–H and O–H groups in total. The van der Waals surface area contributed by atoms with E-state index in [1.54, 1.807) is 5.38 Å². The Hall–Kier alpha value is -0.460. The number of carbonyl (C=O) groups is 1. The van der Waals surface area contributed by atoms with Crippen molar-refractivity contribution in [2.45, 2.75) is 12.5 Å². The monoisotopic (exact) mass is 250 g/mol. The van der Waals surface area contributed by atoms with Crippen molar-refractivity contribution in [2.75, 3.05) is 0 Å². The zero-order chi connectivity index (χ0) is 9.14. The molecule has 1 heterocycles. The Balaban J connectivity index is 2.58. The van der Waals surface area contributed by atoms with Crippen LogP contribution in [-0.4, -0.2) is 22.1 Å². The number of aliphatic carboxylic acids is 1. The van der Waals surface area contributed by atoms with Crippen molar-refractivity contribution in [3.63, 3.8) is 0 Å². The van der Waals surface area contributed by atoms with Gasteiger partial charge in [-0.3, -0.25) is 4.79 Å². The largest absolute Gasteiger partial charge is 0.480 e. The van der Waals surface area contributed by atoms with Crippen LogP contribution in [0.2, 0.25) is 0 Å². The summed E-state index contributed by atoms with van der Waals surface area (Å²) in [5.41, 5.74) is 5.31. The summed E-state index contributed by atoms with van der Waals surface area (Å²) in [4.78, 5) is 14.4. The van der Waals surface area contributed by atoms with Crippen molar-refractivity contribution in [1.29, 1.82) is 0 Å². The summed E-state index contributed by atoms with van der Waals surface area (Å²) < 4.78 is 0.722. The van der Waals surface area contributed by atoms with Crippen LogP contribution in [0.3, 0.4) is 0 Å². The molecule has 0 aromatic carbocycles. The van der Waals surface area contributed by atoms with E-state index in [1.807, 2.05) is 0 Å². The minimum absolute atomic E-state index is 0.283. The summed E-state index contributed by atoms with van der Waals surface area (Å²) in [6.07, 6.45) is 0.283. The maximum Gasteiger partial charge on any atom is 0.320 e. The third-order valence-corrected chi connectivity index (χ3v) is 2.82. The second kappa shape index (κ2) is 3.97. The first-order valence-corrected chi connectivity index (χ1v) is 4.85. The molecule has 6 heteroatoms. The Morgan fingerprint density at radius 1 is 1.92 bits per heavy atom. The number of aromatic nitrogens is 1. The van der Waals surface area contributed by atoms with Crippen molar-refractivity contribution in [3.8, 4) is 0 Å². The highest BCUT2D eigenvalue weighted by atomic mass is 79.9. The highest BCUT2D eigenvalue weighted by Gasteiger charge is 2.13. The lowest BCUT2D eigenvalue weighted by molar-refractivity contribution is -0.138. The lowest BCUT2D eigenvalue weighted by Gasteiger charge is -2.01. The van der Waals surface area contributed by atoms with E-state index < -0.39 is 12.0 Å². The molecule has 0 aliphatic carbocycles. The van der Waals surface area contributed by atoms with Crippen LogP contribution < -0.4 is 5.73 Å². The minimum atomic E-state index is -0.999. The molecule has 0 aliphatic heterocycles. The van der Waals surface area contributed by atoms with Crippen LogP contribution in [0.15, 0.2) is 9.98 Å². The summed E-state index contributed by atoms with van der Waals surface area (Å²) in [5.74, 6) is -0.999. The van der Waals surface area contributed by atoms with E-state index in [2.05, 4.69) is 20.9 Å². The van der Waals surface area contributed by atoms with Gasteiger partial charge in [0.25, 0.3) is 0 Å². The van der Waals surface area contributed by atoms with Gasteiger partial charge in [-0.05, 0) is 15.9 Å². The third-order valence-electron chi connectivity index (χ3n) is 1.24. The van der Waals surface area contributed by atoms with Gasteiger partial charge in [0.1, 0.15) is 10.6 Å². The summed E-state index contributed by atoms with van der Waals surface area (Å²) in [7, 11) is 0. The van der Waals surface area contributed by atoms with E-state index in [0.717, 1.165) is 9.61 Å². The lowest BCUT2D eigenvalue weighted by atomic mass is 10.2. The van der Waals surface area contributed by atoms with Gasteiger partial charge in [-0.15, -0.1) is 11.3 Å². The van der Waals surface area contributed by atoms with E-state index in [1.165, 1.54) is 11.3 Å². The molecule has 12 heavy (non-hydrogen) atoms. The van der Waals surface area contributed by atoms with E-state index in [-0.39, 0.29) is 6.42 Å². The molecule has 0 aliphatic rings. The number of nitrogens with zero attached hydrogens (tertiary/aromatic N) is 1. The van der Waals surface area contributed by atoms with E-state index >= 15 is 0 Å². The molecule has 1 aromatic rings. The molecule has 0 radical (unpaired) electrons. The number of halogens is 1. The van der Waals surface area contributed by atoms with Crippen molar-refractivity contribution >= 4 is 33.2 Å². The molecule has 0 bridgehead atoms. The zero-order valence-corrected chi connectivity index (χ0v) is 8.43. The molecule has 0 saturated carbocycles. The maximum atomic E-state index is 10.4. The Morgan fingerprint density at radius 2 is 2.58 bits per heavy atom. The first kappa shape index (κ1) is 9.63. The number of carboxylic acid groups (broad SMARTS) is 1. The van der Waals surface area contributed by atoms with Gasteiger partial charge in [0, 0.05) is 11.8 Å². The van der Waals surface area contributed by atoms with Crippen LogP contribution in [0, 0.1) is 0 Å². The molecule has 0 fully saturated rings. The fraction of sp³-hybridized carbons (Fsp3) is 0.333. The Labute approximate surface area is 81.5 Å². The summed E-state index contributed by atoms with van der Waals surface area (Å²) >= 11 is 4.56. The van der Waals surface area contributed by atoms with Crippen molar-refractivity contribution in [3.05, 3.63) is 15.0 Å². The maximum absolute atomic E-state index is 10.4. The Kier molecular flexibility index (Phi) is 3.19. The van der Waals surface area contributed by atoms with Crippen LogP contribution in [0.25, 0.3) is 0 Å². The summed E-state index contributed by atoms with van der Waals surface area (Å²) in [5, 5.41) is 11.0. The molecular weight excluding hydrogens is 244 g/mol. The molecular formula is C6H7BrN2O2S. The normalized spacial score (nSPS) is 12.8. The van der Waals surface area contributed by atoms with Gasteiger partial charge in [0.2, 0.25) is 0 Å². The van der Waals surface area contributed by atoms with Crippen molar-refractivity contribution < 1.29 is 9.90 Å². The molecule has 66 valence electrons. The second-order valence-electron chi connectivity index (χ2n) is 2.21. The van der Waals surface area contributed by atoms with Gasteiger partial charge in [-0.1, -0.05) is 0 Å². The quantitative estimate of drug-likeness (QED) is 0.835. The van der Waals surface area contributed by atoms with Crippen molar-refractivity contribution in [1.82, 2.24) is 4.98 Å². The summed E-state index contributed by atoms with van der Waals surface area (Å²) in [6, 6.07) is -0.858. The predicted octanol–water partition coefficient (Wildman–Crippen LogP) is 0.860. The topological polar surface area (TPSA) is 76.2 Å². The average molecular weight is 251 g/mol. The van der Waals surface area contributed by atoms with Crippen molar-refractivity contribution in [2.24, 2.45) is 5.73 Å². The number of rotatable bonds is 3. The standard InChI is InChI=1S/C6H7BrN2O2S/c7-4-2-12-5(9-4)1-3(8)6(10)11/h2-3H,1,8H2,(H,10,11). The van der Waals surface area contributed by atoms with E-state index in [4.69, 9.17) is 10.8 Å². The summed E-state index contributed by atoms with van der Waals surface area (Å²) in [6.45, 7) is 0. The van der Waals surface area contributed by atoms with Crippen LogP contribution >= 0.6 is 27.3 Å². The lowest BCUT2D eigenvalue weighted by Crippen LogP contribution is -2.32. The molecule has 4 nitrogen and oxygen atoms in total. The molecule has 0 spiro atoms. The minimum Gasteiger partial charge on any atom is -0.480 e. The first-order valence-electron chi connectivity index (χ1n) is 3.18. The number of carboxylic acids is 1. The van der Waals surface area contributed by atoms with Gasteiger partial charge in [0.05, 0.1) is 5.01 Å². The second-order valence-corrected chi connectivity index (χ2v) is 3.97. The molecule has 0 saturated heterocycles. The van der Waals surface area contributed by atoms with Gasteiger partial charge in [-0.25, -0.2) is 4.98 Å². The fourth-order valence-corrected chi connectivity index (χ4v) is 1.98. The van der Waals surface area contributed by atoms with E-state index in [0.29, 0.717) is 0 Å². The molecule has 1 atom stereocenters. The van der Waals surface area contributed by atoms with Crippen LogP contribution in [0.1, 0.15) is 5.01 Å². The molecule has 1 rings (SSSR count). The highest BCUT2D eigenvalue weighted by molar-refractivity contribution is 9.10. The Morgan fingerprint density at radius 3 is 3.00 bits per heavy atom. The molecule has 1 unspecified atom stereocenters. The zero-order valence-electron chi connectivity index (χ0n) is 6.03. The fourth-order valence-electron chi connectivity index (χ4n) is 0.658. The van der Waals surface area contributed by atoms with E-state index in [9.17, 15) is 4.79 Å². The van der Waals surface area contributed by atoms with Gasteiger partial charge in [0.15, 0.2) is 0 Å². The molecule has 0 amide bonds. The predicted molar refractivity (Wildman–Crippen MR) is 49.1 cm³/mol.